The van der Waals surface area contributed by atoms with Crippen LogP contribution in [0.1, 0.15) is 40.0 Å². The molecule has 1 saturated heterocycles. The van der Waals surface area contributed by atoms with Gasteiger partial charge in [0.2, 0.25) is 5.91 Å². The van der Waals surface area contributed by atoms with E-state index in [1.165, 1.54) is 6.92 Å². The monoisotopic (exact) mass is 572 g/mol. The molecule has 0 aromatic rings. The highest BCUT2D eigenvalue weighted by atomic mass is 32.2. The fraction of sp³-hybridized carbons (Fsp3) is 0.958. The van der Waals surface area contributed by atoms with Crippen LogP contribution in [0.3, 0.4) is 0 Å². The Morgan fingerprint density at radius 3 is 2.38 bits per heavy atom. The van der Waals surface area contributed by atoms with Crippen LogP contribution in [0, 0.1) is 5.92 Å². The molecule has 0 saturated carbocycles. The third-order valence-corrected chi connectivity index (χ3v) is 8.43. The van der Waals surface area contributed by atoms with E-state index in [9.17, 15) is 30.3 Å². The lowest BCUT2D eigenvalue weighted by Gasteiger charge is -2.40. The number of aliphatic hydroxyl groups is 5. The van der Waals surface area contributed by atoms with Gasteiger partial charge in [0.15, 0.2) is 6.29 Å². The van der Waals surface area contributed by atoms with Gasteiger partial charge in [-0.3, -0.25) is 4.79 Å². The van der Waals surface area contributed by atoms with E-state index in [2.05, 4.69) is 12.2 Å². The first-order valence-corrected chi connectivity index (χ1v) is 15.3. The molecule has 0 aromatic heterocycles. The van der Waals surface area contributed by atoms with Crippen molar-refractivity contribution in [1.82, 2.24) is 5.32 Å². The topological polar surface area (TPSA) is 184 Å². The van der Waals surface area contributed by atoms with E-state index in [1.54, 1.807) is 11.8 Å². The lowest BCUT2D eigenvalue weighted by atomic mass is 9.99. The molecule has 13 heteroatoms. The van der Waals surface area contributed by atoms with Crippen molar-refractivity contribution in [1.29, 1.82) is 0 Å². The fourth-order valence-electron chi connectivity index (χ4n) is 3.59. The number of nitrogens with one attached hydrogen (secondary N) is 1. The number of amides is 1. The van der Waals surface area contributed by atoms with Gasteiger partial charge in [-0.2, -0.15) is 23.5 Å². The van der Waals surface area contributed by atoms with Gasteiger partial charge >= 0.3 is 0 Å². The quantitative estimate of drug-likeness (QED) is 0.0912. The standard InChI is InChI=1S/C24H48N2O9S2/c1-4-5-6-19(28)26-17(20(29)16(3)27)11-34-24-23(32)22(31)21(30)18(35-24)12-33-8-10-37-14-15(2)13-36-9-7-25/h15-18,20-24,27,29-32H,4-14,25H2,1-3H3,(H,26,28). The number of rotatable bonds is 20. The van der Waals surface area contributed by atoms with Gasteiger partial charge in [-0.15, -0.1) is 0 Å². The van der Waals surface area contributed by atoms with Crippen molar-refractivity contribution in [2.75, 3.05) is 49.4 Å². The summed E-state index contributed by atoms with van der Waals surface area (Å²) in [4.78, 5) is 12.2. The zero-order valence-electron chi connectivity index (χ0n) is 22.2. The molecule has 1 heterocycles. The summed E-state index contributed by atoms with van der Waals surface area (Å²) in [5, 5.41) is 53.7. The van der Waals surface area contributed by atoms with Gasteiger partial charge in [-0.25, -0.2) is 0 Å². The molecule has 1 fully saturated rings. The minimum atomic E-state index is -1.56. The Labute approximate surface area is 229 Å². The predicted molar refractivity (Wildman–Crippen MR) is 145 cm³/mol. The molecule has 220 valence electrons. The van der Waals surface area contributed by atoms with Crippen molar-refractivity contribution in [2.45, 2.75) is 89.0 Å². The summed E-state index contributed by atoms with van der Waals surface area (Å²) in [5.74, 6) is 4.04. The Hall–Kier alpha value is -0.190. The summed E-state index contributed by atoms with van der Waals surface area (Å²) < 4.78 is 16.9. The van der Waals surface area contributed by atoms with E-state index in [0.29, 0.717) is 25.5 Å². The van der Waals surface area contributed by atoms with Crippen molar-refractivity contribution >= 4 is 29.4 Å². The minimum Gasteiger partial charge on any atom is -0.391 e. The normalized spacial score (nSPS) is 27.4. The number of unbranched alkanes of at least 4 members (excludes halogenated alkanes) is 1. The molecular weight excluding hydrogens is 524 g/mol. The number of nitrogens with two attached hydrogens (primary N) is 1. The summed E-state index contributed by atoms with van der Waals surface area (Å²) in [6.07, 6.45) is -7.45. The number of carbonyl (C=O) groups excluding carboxylic acids is 1. The maximum atomic E-state index is 12.2. The van der Waals surface area contributed by atoms with Gasteiger partial charge in [0.05, 0.1) is 32.0 Å². The summed E-state index contributed by atoms with van der Waals surface area (Å²) >= 11 is 3.62. The van der Waals surface area contributed by atoms with Crippen LogP contribution in [0.25, 0.3) is 0 Å². The molecule has 8 N–H and O–H groups in total. The summed E-state index contributed by atoms with van der Waals surface area (Å²) in [5.41, 5.74) is 5.51. The lowest BCUT2D eigenvalue weighted by molar-refractivity contribution is -0.304. The van der Waals surface area contributed by atoms with Gasteiger partial charge in [0, 0.05) is 24.5 Å². The Kier molecular flexibility index (Phi) is 18.6. The molecule has 0 spiro atoms. The maximum absolute atomic E-state index is 12.2. The second-order valence-electron chi connectivity index (χ2n) is 9.48. The highest BCUT2D eigenvalue weighted by molar-refractivity contribution is 8.00. The van der Waals surface area contributed by atoms with Crippen LogP contribution >= 0.6 is 23.5 Å². The second kappa shape index (κ2) is 19.8. The summed E-state index contributed by atoms with van der Waals surface area (Å²) in [6, 6.07) is -0.966. The van der Waals surface area contributed by atoms with E-state index in [-0.39, 0.29) is 25.5 Å². The van der Waals surface area contributed by atoms with E-state index in [0.717, 1.165) is 29.4 Å². The van der Waals surface area contributed by atoms with Crippen LogP contribution in [0.5, 0.6) is 0 Å². The van der Waals surface area contributed by atoms with Crippen LogP contribution in [0.15, 0.2) is 0 Å². The van der Waals surface area contributed by atoms with Crippen molar-refractivity contribution in [3.63, 3.8) is 0 Å². The van der Waals surface area contributed by atoms with Crippen molar-refractivity contribution in [3.8, 4) is 0 Å². The SMILES string of the molecule is CCCCC(=O)NC(COC1OC(COCCSCC(C)CSCCN)C(O)C(O)C1O)C(O)C(C)O. The molecule has 9 atom stereocenters. The van der Waals surface area contributed by atoms with Gasteiger partial charge in [0.1, 0.15) is 30.5 Å². The Morgan fingerprint density at radius 1 is 1.08 bits per heavy atom. The average molecular weight is 573 g/mol. The Morgan fingerprint density at radius 2 is 1.76 bits per heavy atom. The van der Waals surface area contributed by atoms with Gasteiger partial charge in [-0.05, 0) is 30.8 Å². The number of thioether (sulfide) groups is 2. The fourth-order valence-corrected chi connectivity index (χ4v) is 5.51. The first kappa shape index (κ1) is 34.8. The van der Waals surface area contributed by atoms with Crippen molar-refractivity contribution in [2.24, 2.45) is 11.7 Å². The molecule has 1 aliphatic heterocycles. The number of carbonyl (C=O) groups is 1. The van der Waals surface area contributed by atoms with Crippen molar-refractivity contribution in [3.05, 3.63) is 0 Å². The van der Waals surface area contributed by atoms with Crippen LogP contribution in [-0.2, 0) is 19.0 Å². The van der Waals surface area contributed by atoms with Crippen LogP contribution in [0.2, 0.25) is 0 Å². The first-order valence-electron chi connectivity index (χ1n) is 13.0. The Bertz CT molecular complexity index is 609. The summed E-state index contributed by atoms with van der Waals surface area (Å²) in [7, 11) is 0. The predicted octanol–water partition coefficient (Wildman–Crippen LogP) is -0.695. The summed E-state index contributed by atoms with van der Waals surface area (Å²) in [6.45, 7) is 6.33. The van der Waals surface area contributed by atoms with Crippen LogP contribution in [-0.4, -0.2) is 130 Å². The van der Waals surface area contributed by atoms with Crippen LogP contribution < -0.4 is 11.1 Å². The molecule has 0 aromatic carbocycles. The van der Waals surface area contributed by atoms with E-state index >= 15 is 0 Å². The van der Waals surface area contributed by atoms with E-state index < -0.39 is 49.0 Å². The molecule has 1 amide bonds. The molecule has 0 bridgehead atoms. The minimum absolute atomic E-state index is 0.0131. The molecule has 9 unspecified atom stereocenters. The van der Waals surface area contributed by atoms with Crippen LogP contribution in [0.4, 0.5) is 0 Å². The highest BCUT2D eigenvalue weighted by Gasteiger charge is 2.44. The Balaban J connectivity index is 2.52. The largest absolute Gasteiger partial charge is 0.391 e. The first-order chi connectivity index (χ1) is 17.6. The zero-order chi connectivity index (χ0) is 27.8. The smallest absolute Gasteiger partial charge is 0.220 e. The number of ether oxygens (including phenoxy) is 3. The second-order valence-corrected chi connectivity index (χ2v) is 11.8. The molecule has 0 aliphatic carbocycles. The van der Waals surface area contributed by atoms with Gasteiger partial charge in [-0.1, -0.05) is 20.3 Å². The maximum Gasteiger partial charge on any atom is 0.220 e. The van der Waals surface area contributed by atoms with E-state index in [1.807, 2.05) is 18.7 Å². The lowest BCUT2D eigenvalue weighted by Crippen LogP contribution is -2.60. The molecular formula is C24H48N2O9S2. The third-order valence-electron chi connectivity index (χ3n) is 5.84. The van der Waals surface area contributed by atoms with E-state index in [4.69, 9.17) is 19.9 Å². The number of hydrogen-bond donors (Lipinski definition) is 7. The number of aliphatic hydroxyl groups excluding tert-OH is 5. The zero-order valence-corrected chi connectivity index (χ0v) is 23.9. The molecule has 11 nitrogen and oxygen atoms in total. The molecule has 1 rings (SSSR count). The average Bonchev–Trinajstić information content (AvgIpc) is 2.87. The molecule has 1 aliphatic rings. The van der Waals surface area contributed by atoms with Gasteiger partial charge < -0.3 is 50.8 Å². The third kappa shape index (κ3) is 13.6. The number of hydrogen-bond acceptors (Lipinski definition) is 12. The highest BCUT2D eigenvalue weighted by Crippen LogP contribution is 2.23. The molecule has 0 radical (unpaired) electrons. The van der Waals surface area contributed by atoms with Gasteiger partial charge in [0.25, 0.3) is 0 Å². The molecule has 37 heavy (non-hydrogen) atoms. The van der Waals surface area contributed by atoms with Crippen molar-refractivity contribution < 1.29 is 44.5 Å².